The number of aliphatic carboxylic acids is 1. The van der Waals surface area contributed by atoms with E-state index in [1.54, 1.807) is 23.5 Å². The number of amides is 1. The minimum absolute atomic E-state index is 0.0884. The van der Waals surface area contributed by atoms with Gasteiger partial charge >= 0.3 is 5.97 Å². The summed E-state index contributed by atoms with van der Waals surface area (Å²) in [5, 5.41) is 18.7. The van der Waals surface area contributed by atoms with Crippen LogP contribution in [0.1, 0.15) is 46.5 Å². The predicted molar refractivity (Wildman–Crippen MR) is 165 cm³/mol. The lowest BCUT2D eigenvalue weighted by Gasteiger charge is -2.26. The van der Waals surface area contributed by atoms with Crippen molar-refractivity contribution in [3.63, 3.8) is 0 Å². The molecule has 0 aliphatic carbocycles. The molecule has 0 spiro atoms. The molecule has 8 nitrogen and oxygen atoms in total. The molecule has 2 aromatic heterocycles. The zero-order valence-electron chi connectivity index (χ0n) is 23.5. The molecule has 1 amide bonds. The van der Waals surface area contributed by atoms with Gasteiger partial charge in [-0.3, -0.25) is 9.59 Å². The van der Waals surface area contributed by atoms with Gasteiger partial charge < -0.3 is 19.8 Å². The van der Waals surface area contributed by atoms with Gasteiger partial charge in [0.05, 0.1) is 17.7 Å². The van der Waals surface area contributed by atoms with Gasteiger partial charge in [-0.05, 0) is 36.1 Å². The molecule has 1 atom stereocenters. The summed E-state index contributed by atoms with van der Waals surface area (Å²) in [5.74, 6) is -0.279. The van der Waals surface area contributed by atoms with Crippen molar-refractivity contribution in [2.24, 2.45) is 0 Å². The maximum Gasteiger partial charge on any atom is 0.305 e. The zero-order valence-corrected chi connectivity index (χ0v) is 24.3. The molecule has 0 bridgehead atoms. The van der Waals surface area contributed by atoms with Crippen molar-refractivity contribution in [3.8, 4) is 22.5 Å². The van der Waals surface area contributed by atoms with Crippen LogP contribution in [0, 0.1) is 6.92 Å². The standard InChI is InChI=1S/C33H32N4O4S/c1-22(25-9-5-3-6-10-25)19-37(20-24-13-15-27(16-14-24)32(40)34-18-17-29(38)39)33-35-28(21-42-33)30-23(2)41-36-31(30)26-11-7-4-8-12-26/h3-16,21-22H,17-20H2,1-2H3,(H,34,40)(H,38,39). The van der Waals surface area contributed by atoms with Crippen LogP contribution >= 0.6 is 11.3 Å². The van der Waals surface area contributed by atoms with Gasteiger partial charge in [-0.25, -0.2) is 4.98 Å². The summed E-state index contributed by atoms with van der Waals surface area (Å²) >= 11 is 1.58. The Bertz CT molecular complexity index is 1630. The first kappa shape index (κ1) is 28.8. The zero-order chi connectivity index (χ0) is 29.5. The molecule has 3 aromatic carbocycles. The van der Waals surface area contributed by atoms with Crippen LogP contribution in [-0.4, -0.2) is 40.2 Å². The van der Waals surface area contributed by atoms with E-state index in [-0.39, 0.29) is 24.8 Å². The highest BCUT2D eigenvalue weighted by molar-refractivity contribution is 7.14. The number of hydrogen-bond acceptors (Lipinski definition) is 7. The highest BCUT2D eigenvalue weighted by atomic mass is 32.1. The van der Waals surface area contributed by atoms with Gasteiger partial charge in [-0.15, -0.1) is 11.3 Å². The van der Waals surface area contributed by atoms with E-state index in [9.17, 15) is 9.59 Å². The number of benzene rings is 3. The van der Waals surface area contributed by atoms with E-state index in [2.05, 4.69) is 46.6 Å². The van der Waals surface area contributed by atoms with Crippen molar-refractivity contribution in [2.75, 3.05) is 18.0 Å². The number of anilines is 1. The van der Waals surface area contributed by atoms with Gasteiger partial charge in [-0.1, -0.05) is 84.9 Å². The Morgan fingerprint density at radius 1 is 1.00 bits per heavy atom. The van der Waals surface area contributed by atoms with Crippen LogP contribution in [0.15, 0.2) is 94.8 Å². The molecule has 0 saturated heterocycles. The number of rotatable bonds is 12. The van der Waals surface area contributed by atoms with Crippen LogP contribution in [0.2, 0.25) is 0 Å². The van der Waals surface area contributed by atoms with Crippen molar-refractivity contribution in [3.05, 3.63) is 113 Å². The summed E-state index contributed by atoms with van der Waals surface area (Å²) in [7, 11) is 0. The second-order valence-corrected chi connectivity index (χ2v) is 11.0. The molecule has 42 heavy (non-hydrogen) atoms. The second kappa shape index (κ2) is 13.3. The Morgan fingerprint density at radius 2 is 1.69 bits per heavy atom. The average molecular weight is 581 g/mol. The van der Waals surface area contributed by atoms with E-state index in [0.717, 1.165) is 39.8 Å². The Labute approximate surface area is 248 Å². The first-order valence-corrected chi connectivity index (χ1v) is 14.6. The number of carboxylic acids is 1. The van der Waals surface area contributed by atoms with Gasteiger partial charge in [0.2, 0.25) is 0 Å². The summed E-state index contributed by atoms with van der Waals surface area (Å²) in [5.41, 5.74) is 6.21. The maximum absolute atomic E-state index is 12.4. The fourth-order valence-electron chi connectivity index (χ4n) is 4.79. The summed E-state index contributed by atoms with van der Waals surface area (Å²) in [6.45, 7) is 5.54. The van der Waals surface area contributed by atoms with Crippen LogP contribution in [0.25, 0.3) is 22.5 Å². The SMILES string of the molecule is Cc1onc(-c2ccccc2)c1-c1csc(N(Cc2ccc(C(=O)NCCC(=O)O)cc2)CC(C)c2ccccc2)n1. The van der Waals surface area contributed by atoms with E-state index >= 15 is 0 Å². The summed E-state index contributed by atoms with van der Waals surface area (Å²) < 4.78 is 5.60. The molecule has 2 heterocycles. The third kappa shape index (κ3) is 6.92. The fraction of sp³-hybridized carbons (Fsp3) is 0.212. The first-order chi connectivity index (χ1) is 20.4. The van der Waals surface area contributed by atoms with Gasteiger partial charge in [0.1, 0.15) is 11.5 Å². The number of aryl methyl sites for hydroxylation is 1. The number of hydrogen-bond donors (Lipinski definition) is 2. The van der Waals surface area contributed by atoms with Gasteiger partial charge in [-0.2, -0.15) is 0 Å². The topological polar surface area (TPSA) is 109 Å². The Kier molecular flexibility index (Phi) is 9.08. The van der Waals surface area contributed by atoms with E-state index in [1.165, 1.54) is 5.56 Å². The molecule has 2 N–H and O–H groups in total. The second-order valence-electron chi connectivity index (χ2n) is 10.1. The average Bonchev–Trinajstić information content (AvgIpc) is 3.64. The van der Waals surface area contributed by atoms with Crippen LogP contribution in [0.3, 0.4) is 0 Å². The summed E-state index contributed by atoms with van der Waals surface area (Å²) in [4.78, 5) is 30.5. The summed E-state index contributed by atoms with van der Waals surface area (Å²) in [6.07, 6.45) is -0.116. The van der Waals surface area contributed by atoms with Crippen LogP contribution in [0.5, 0.6) is 0 Å². The smallest absolute Gasteiger partial charge is 0.305 e. The van der Waals surface area contributed by atoms with E-state index in [4.69, 9.17) is 14.6 Å². The number of aromatic nitrogens is 2. The summed E-state index contributed by atoms with van der Waals surface area (Å²) in [6, 6.07) is 27.8. The number of nitrogens with zero attached hydrogens (tertiary/aromatic N) is 3. The van der Waals surface area contributed by atoms with Crippen molar-refractivity contribution in [2.45, 2.75) is 32.7 Å². The van der Waals surface area contributed by atoms with Crippen molar-refractivity contribution in [1.29, 1.82) is 0 Å². The van der Waals surface area contributed by atoms with Gasteiger partial charge in [0, 0.05) is 36.1 Å². The molecule has 0 saturated carbocycles. The maximum atomic E-state index is 12.4. The molecule has 5 aromatic rings. The van der Waals surface area contributed by atoms with Crippen molar-refractivity contribution >= 4 is 28.3 Å². The molecular weight excluding hydrogens is 548 g/mol. The number of carboxylic acid groups (broad SMARTS) is 1. The quantitative estimate of drug-likeness (QED) is 0.167. The minimum Gasteiger partial charge on any atom is -0.481 e. The molecular formula is C33H32N4O4S. The lowest BCUT2D eigenvalue weighted by Crippen LogP contribution is -2.27. The molecule has 214 valence electrons. The third-order valence-electron chi connectivity index (χ3n) is 7.01. The predicted octanol–water partition coefficient (Wildman–Crippen LogP) is 6.79. The molecule has 0 fully saturated rings. The van der Waals surface area contributed by atoms with Gasteiger partial charge in [0.15, 0.2) is 5.13 Å². The lowest BCUT2D eigenvalue weighted by molar-refractivity contribution is -0.136. The molecule has 1 unspecified atom stereocenters. The molecule has 0 aliphatic heterocycles. The molecule has 0 aliphatic rings. The number of thiazole rings is 1. The van der Waals surface area contributed by atoms with Crippen LogP contribution in [0.4, 0.5) is 5.13 Å². The number of nitrogens with one attached hydrogen (secondary N) is 1. The molecule has 9 heteroatoms. The molecule has 0 radical (unpaired) electrons. The number of carbonyl (C=O) groups is 2. The normalized spacial score (nSPS) is 11.7. The largest absolute Gasteiger partial charge is 0.481 e. The minimum atomic E-state index is -0.948. The van der Waals surface area contributed by atoms with Crippen molar-refractivity contribution < 1.29 is 19.2 Å². The van der Waals surface area contributed by atoms with E-state index in [1.807, 2.05) is 60.8 Å². The Balaban J connectivity index is 1.40. The third-order valence-corrected chi connectivity index (χ3v) is 7.91. The fourth-order valence-corrected chi connectivity index (χ4v) is 5.61. The van der Waals surface area contributed by atoms with Crippen LogP contribution in [-0.2, 0) is 11.3 Å². The lowest BCUT2D eigenvalue weighted by atomic mass is 10.0. The van der Waals surface area contributed by atoms with Crippen LogP contribution < -0.4 is 10.2 Å². The van der Waals surface area contributed by atoms with E-state index in [0.29, 0.717) is 17.9 Å². The monoisotopic (exact) mass is 580 g/mol. The highest BCUT2D eigenvalue weighted by Gasteiger charge is 2.22. The highest BCUT2D eigenvalue weighted by Crippen LogP contribution is 2.37. The van der Waals surface area contributed by atoms with Crippen molar-refractivity contribution in [1.82, 2.24) is 15.5 Å². The Hall–Kier alpha value is -4.76. The number of carbonyl (C=O) groups excluding carboxylic acids is 1. The first-order valence-electron chi connectivity index (χ1n) is 13.8. The Morgan fingerprint density at radius 3 is 2.38 bits per heavy atom. The van der Waals surface area contributed by atoms with Gasteiger partial charge in [0.25, 0.3) is 5.91 Å². The van der Waals surface area contributed by atoms with E-state index < -0.39 is 5.97 Å². The molecule has 5 rings (SSSR count).